The van der Waals surface area contributed by atoms with Gasteiger partial charge < -0.3 is 10.1 Å². The fraction of sp³-hybridized carbons (Fsp3) is 0.409. The molecular formula is C22H25ClFN3O3. The Morgan fingerprint density at radius 2 is 1.93 bits per heavy atom. The van der Waals surface area contributed by atoms with Crippen LogP contribution in [0.3, 0.4) is 0 Å². The number of esters is 1. The van der Waals surface area contributed by atoms with Crippen molar-refractivity contribution in [3.8, 4) is 5.69 Å². The third-order valence-electron chi connectivity index (χ3n) is 5.12. The Morgan fingerprint density at radius 1 is 1.27 bits per heavy atom. The molecule has 1 heterocycles. The van der Waals surface area contributed by atoms with E-state index in [1.807, 2.05) is 0 Å². The minimum Gasteiger partial charge on any atom is -0.449 e. The molecule has 1 aromatic heterocycles. The average Bonchev–Trinajstić information content (AvgIpc) is 3.01. The van der Waals surface area contributed by atoms with Crippen LogP contribution in [0, 0.1) is 12.7 Å². The summed E-state index contributed by atoms with van der Waals surface area (Å²) in [7, 11) is 0. The molecule has 3 rings (SSSR count). The number of rotatable bonds is 6. The van der Waals surface area contributed by atoms with Crippen LogP contribution in [0.25, 0.3) is 11.8 Å². The third kappa shape index (κ3) is 5.48. The topological polar surface area (TPSA) is 73.2 Å². The molecule has 1 amide bonds. The average molecular weight is 434 g/mol. The summed E-state index contributed by atoms with van der Waals surface area (Å²) in [4.78, 5) is 24.4. The van der Waals surface area contributed by atoms with E-state index in [0.29, 0.717) is 16.9 Å². The van der Waals surface area contributed by atoms with Gasteiger partial charge in [-0.15, -0.1) is 0 Å². The minimum absolute atomic E-state index is 0.154. The van der Waals surface area contributed by atoms with Crippen LogP contribution in [0.5, 0.6) is 0 Å². The second-order valence-electron chi connectivity index (χ2n) is 7.43. The molecule has 0 radical (unpaired) electrons. The minimum atomic E-state index is -0.886. The number of amides is 1. The molecule has 1 saturated carbocycles. The third-order valence-corrected chi connectivity index (χ3v) is 5.48. The van der Waals surface area contributed by atoms with Crippen LogP contribution < -0.4 is 5.32 Å². The van der Waals surface area contributed by atoms with Crippen molar-refractivity contribution < 1.29 is 18.7 Å². The van der Waals surface area contributed by atoms with E-state index in [2.05, 4.69) is 10.4 Å². The Bertz CT molecular complexity index is 934. The Morgan fingerprint density at radius 3 is 2.60 bits per heavy atom. The number of nitrogens with one attached hydrogen (secondary N) is 1. The van der Waals surface area contributed by atoms with Crippen LogP contribution in [-0.4, -0.2) is 33.8 Å². The second kappa shape index (κ2) is 9.89. The number of aryl methyl sites for hydroxylation is 1. The lowest BCUT2D eigenvalue weighted by Gasteiger charge is -2.24. The predicted molar refractivity (Wildman–Crippen MR) is 113 cm³/mol. The first-order valence-electron chi connectivity index (χ1n) is 10.1. The summed E-state index contributed by atoms with van der Waals surface area (Å²) in [6.45, 7) is 3.30. The van der Waals surface area contributed by atoms with Gasteiger partial charge in [0.15, 0.2) is 6.10 Å². The summed E-state index contributed by atoms with van der Waals surface area (Å²) < 4.78 is 19.8. The van der Waals surface area contributed by atoms with E-state index in [1.54, 1.807) is 26.0 Å². The van der Waals surface area contributed by atoms with E-state index in [4.69, 9.17) is 16.3 Å². The first kappa shape index (κ1) is 22.0. The molecule has 6 nitrogen and oxygen atoms in total. The summed E-state index contributed by atoms with van der Waals surface area (Å²) >= 11 is 6.39. The highest BCUT2D eigenvalue weighted by atomic mass is 35.5. The Labute approximate surface area is 180 Å². The molecule has 0 saturated heterocycles. The highest BCUT2D eigenvalue weighted by Crippen LogP contribution is 2.25. The molecule has 1 aliphatic rings. The lowest BCUT2D eigenvalue weighted by Crippen LogP contribution is -2.42. The lowest BCUT2D eigenvalue weighted by atomic mass is 9.95. The summed E-state index contributed by atoms with van der Waals surface area (Å²) in [6.07, 6.45) is 7.16. The molecule has 1 unspecified atom stereocenters. The largest absolute Gasteiger partial charge is 0.449 e. The van der Waals surface area contributed by atoms with Gasteiger partial charge in [-0.2, -0.15) is 5.10 Å². The summed E-state index contributed by atoms with van der Waals surface area (Å²) in [5.41, 5.74) is 1.73. The lowest BCUT2D eigenvalue weighted by molar-refractivity contribution is -0.150. The number of carbonyl (C=O) groups excluding carboxylic acids is 2. The summed E-state index contributed by atoms with van der Waals surface area (Å²) in [6, 6.07) is 5.90. The zero-order valence-corrected chi connectivity index (χ0v) is 17.8. The maximum absolute atomic E-state index is 13.1. The standard InChI is InChI=1S/C22H25ClFN3O3/c1-14-19(21(23)27(26-14)18-10-8-16(24)9-11-18)12-13-20(28)30-15(2)22(29)25-17-6-4-3-5-7-17/h8-13,15,17H,3-7H2,1-2H3,(H,25,29)/b13-12+. The summed E-state index contributed by atoms with van der Waals surface area (Å²) in [5.74, 6) is -1.29. The van der Waals surface area contributed by atoms with Gasteiger partial charge in [0.2, 0.25) is 0 Å². The van der Waals surface area contributed by atoms with Crippen LogP contribution in [0.2, 0.25) is 5.15 Å². The number of benzene rings is 1. The van der Waals surface area contributed by atoms with Gasteiger partial charge in [-0.1, -0.05) is 30.9 Å². The van der Waals surface area contributed by atoms with Gasteiger partial charge in [0.25, 0.3) is 5.91 Å². The number of carbonyl (C=O) groups is 2. The number of ether oxygens (including phenoxy) is 1. The van der Waals surface area contributed by atoms with Crippen molar-refractivity contribution in [1.82, 2.24) is 15.1 Å². The number of hydrogen-bond donors (Lipinski definition) is 1. The second-order valence-corrected chi connectivity index (χ2v) is 7.79. The number of hydrogen-bond acceptors (Lipinski definition) is 4. The quantitative estimate of drug-likeness (QED) is 0.542. The number of nitrogens with zero attached hydrogens (tertiary/aromatic N) is 2. The van der Waals surface area contributed by atoms with Crippen LogP contribution in [-0.2, 0) is 14.3 Å². The van der Waals surface area contributed by atoms with E-state index in [0.717, 1.165) is 25.7 Å². The van der Waals surface area contributed by atoms with E-state index < -0.39 is 12.1 Å². The molecule has 1 N–H and O–H groups in total. The van der Waals surface area contributed by atoms with Crippen molar-refractivity contribution in [3.63, 3.8) is 0 Å². The van der Waals surface area contributed by atoms with Crippen molar-refractivity contribution in [1.29, 1.82) is 0 Å². The fourth-order valence-electron chi connectivity index (χ4n) is 3.44. The molecule has 1 atom stereocenters. The molecule has 8 heteroatoms. The van der Waals surface area contributed by atoms with E-state index in [1.165, 1.54) is 35.4 Å². The molecule has 1 aromatic carbocycles. The molecule has 1 fully saturated rings. The van der Waals surface area contributed by atoms with Crippen molar-refractivity contribution >= 4 is 29.6 Å². The normalized spacial score (nSPS) is 15.9. The van der Waals surface area contributed by atoms with Crippen LogP contribution in [0.1, 0.15) is 50.3 Å². The summed E-state index contributed by atoms with van der Waals surface area (Å²) in [5, 5.41) is 7.56. The molecule has 0 aliphatic heterocycles. The highest BCUT2D eigenvalue weighted by molar-refractivity contribution is 6.31. The molecule has 1 aliphatic carbocycles. The van der Waals surface area contributed by atoms with Gasteiger partial charge >= 0.3 is 5.97 Å². The van der Waals surface area contributed by atoms with E-state index >= 15 is 0 Å². The number of halogens is 2. The van der Waals surface area contributed by atoms with Crippen molar-refractivity contribution in [2.45, 2.75) is 58.1 Å². The molecule has 30 heavy (non-hydrogen) atoms. The van der Waals surface area contributed by atoms with Crippen molar-refractivity contribution in [2.24, 2.45) is 0 Å². The maximum Gasteiger partial charge on any atom is 0.331 e. The highest BCUT2D eigenvalue weighted by Gasteiger charge is 2.22. The SMILES string of the molecule is Cc1nn(-c2ccc(F)cc2)c(Cl)c1/C=C/C(=O)OC(C)C(=O)NC1CCCCC1. The molecule has 2 aromatic rings. The fourth-order valence-corrected chi connectivity index (χ4v) is 3.77. The molecule has 0 spiro atoms. The van der Waals surface area contributed by atoms with Gasteiger partial charge in [0.1, 0.15) is 11.0 Å². The van der Waals surface area contributed by atoms with Crippen molar-refractivity contribution in [2.75, 3.05) is 0 Å². The Kier molecular flexibility index (Phi) is 7.26. The van der Waals surface area contributed by atoms with Gasteiger partial charge in [0.05, 0.1) is 11.4 Å². The van der Waals surface area contributed by atoms with Crippen LogP contribution in [0.15, 0.2) is 30.3 Å². The first-order valence-corrected chi connectivity index (χ1v) is 10.4. The van der Waals surface area contributed by atoms with Gasteiger partial charge in [-0.05, 0) is 57.0 Å². The molecule has 0 bridgehead atoms. The van der Waals surface area contributed by atoms with Crippen LogP contribution >= 0.6 is 11.6 Å². The Balaban J connectivity index is 1.61. The van der Waals surface area contributed by atoms with Gasteiger partial charge in [-0.3, -0.25) is 4.79 Å². The smallest absolute Gasteiger partial charge is 0.331 e. The zero-order chi connectivity index (χ0) is 21.7. The number of aromatic nitrogens is 2. The zero-order valence-electron chi connectivity index (χ0n) is 17.0. The van der Waals surface area contributed by atoms with E-state index in [-0.39, 0.29) is 22.9 Å². The van der Waals surface area contributed by atoms with Gasteiger partial charge in [0, 0.05) is 17.7 Å². The monoisotopic (exact) mass is 433 g/mol. The predicted octanol–water partition coefficient (Wildman–Crippen LogP) is 4.37. The molecular weight excluding hydrogens is 409 g/mol. The van der Waals surface area contributed by atoms with Gasteiger partial charge in [-0.25, -0.2) is 13.9 Å². The first-order chi connectivity index (χ1) is 14.3. The van der Waals surface area contributed by atoms with Crippen molar-refractivity contribution in [3.05, 3.63) is 52.6 Å². The maximum atomic E-state index is 13.1. The Hall–Kier alpha value is -2.67. The molecule has 160 valence electrons. The van der Waals surface area contributed by atoms with E-state index in [9.17, 15) is 14.0 Å². The van der Waals surface area contributed by atoms with Crippen LogP contribution in [0.4, 0.5) is 4.39 Å².